The van der Waals surface area contributed by atoms with Gasteiger partial charge in [0.15, 0.2) is 0 Å². The highest BCUT2D eigenvalue weighted by molar-refractivity contribution is 6.03. The highest BCUT2D eigenvalue weighted by Gasteiger charge is 2.65. The van der Waals surface area contributed by atoms with Crippen LogP contribution >= 0.6 is 0 Å². The molecule has 3 N–H and O–H groups in total. The molecular formula is C58H80N4O11. The van der Waals surface area contributed by atoms with E-state index in [1.807, 2.05) is 49.4 Å². The molecule has 0 radical (unpaired) electrons. The first kappa shape index (κ1) is 56.5. The highest BCUT2D eigenvalue weighted by Crippen LogP contribution is 2.62. The van der Waals surface area contributed by atoms with Crippen LogP contribution in [-0.2, 0) is 27.5 Å². The third-order valence-corrected chi connectivity index (χ3v) is 14.5. The van der Waals surface area contributed by atoms with Crippen LogP contribution in [0.25, 0.3) is 0 Å². The van der Waals surface area contributed by atoms with E-state index >= 15 is 0 Å². The van der Waals surface area contributed by atoms with Crippen molar-refractivity contribution >= 4 is 23.6 Å². The largest absolute Gasteiger partial charge is 0.459 e. The predicted molar refractivity (Wildman–Crippen MR) is 282 cm³/mol. The van der Waals surface area contributed by atoms with Crippen LogP contribution in [0.5, 0.6) is 11.5 Å². The van der Waals surface area contributed by atoms with Crippen LogP contribution < -0.4 is 14.8 Å². The molecule has 0 saturated heterocycles. The molecule has 6 atom stereocenters. The van der Waals surface area contributed by atoms with Crippen molar-refractivity contribution in [2.24, 2.45) is 22.9 Å². The van der Waals surface area contributed by atoms with Crippen LogP contribution in [0, 0.1) is 27.9 Å². The molecule has 0 unspecified atom stereocenters. The van der Waals surface area contributed by atoms with Gasteiger partial charge in [-0.3, -0.25) is 15.0 Å². The molecule has 3 aliphatic rings. The topological polar surface area (TPSA) is 192 Å². The molecule has 1 fully saturated rings. The Hall–Kier alpha value is -5.77. The van der Waals surface area contributed by atoms with Gasteiger partial charge in [0, 0.05) is 56.3 Å². The number of amides is 2. The van der Waals surface area contributed by atoms with Gasteiger partial charge in [-0.1, -0.05) is 132 Å². The second kappa shape index (κ2) is 29.8. The number of rotatable bonds is 32. The lowest BCUT2D eigenvalue weighted by atomic mass is 9.55. The third kappa shape index (κ3) is 15.6. The first-order chi connectivity index (χ1) is 35.7. The Labute approximate surface area is 432 Å². The summed E-state index contributed by atoms with van der Waals surface area (Å²) in [5.41, 5.74) is 3.71. The van der Waals surface area contributed by atoms with Gasteiger partial charge in [-0.15, -0.1) is 6.58 Å². The van der Waals surface area contributed by atoms with Gasteiger partial charge >= 0.3 is 12.2 Å². The Balaban J connectivity index is 1.40. The van der Waals surface area contributed by atoms with Gasteiger partial charge in [-0.25, -0.2) is 9.59 Å². The summed E-state index contributed by atoms with van der Waals surface area (Å²) in [5, 5.41) is 39.3. The summed E-state index contributed by atoms with van der Waals surface area (Å²) in [6.07, 6.45) is 19.7. The Bertz CT molecular complexity index is 2260. The predicted octanol–water partition coefficient (Wildman–Crippen LogP) is 12.5. The van der Waals surface area contributed by atoms with Crippen LogP contribution in [0.2, 0.25) is 0 Å². The van der Waals surface area contributed by atoms with Crippen LogP contribution in [0.15, 0.2) is 102 Å². The van der Waals surface area contributed by atoms with E-state index in [2.05, 4.69) is 24.9 Å². The van der Waals surface area contributed by atoms with Gasteiger partial charge in [-0.2, -0.15) is 0 Å². The van der Waals surface area contributed by atoms with E-state index in [0.29, 0.717) is 55.1 Å². The highest BCUT2D eigenvalue weighted by atomic mass is 16.7. The van der Waals surface area contributed by atoms with Gasteiger partial charge < -0.3 is 39.3 Å². The zero-order valence-electron chi connectivity index (χ0n) is 43.3. The minimum atomic E-state index is -1.52. The number of allylic oxidation sites excluding steroid dienone is 1. The first-order valence-corrected chi connectivity index (χ1v) is 27.0. The summed E-state index contributed by atoms with van der Waals surface area (Å²) < 4.78 is 26.5. The fourth-order valence-corrected chi connectivity index (χ4v) is 11.0. The second-order valence-corrected chi connectivity index (χ2v) is 19.7. The van der Waals surface area contributed by atoms with E-state index in [1.54, 1.807) is 29.2 Å². The van der Waals surface area contributed by atoms with Gasteiger partial charge in [0.25, 0.3) is 5.69 Å². The second-order valence-electron chi connectivity index (χ2n) is 19.7. The van der Waals surface area contributed by atoms with E-state index in [9.17, 15) is 29.9 Å². The number of benzene rings is 3. The number of nitrogens with one attached hydrogen (secondary N) is 1. The molecule has 1 saturated carbocycles. The van der Waals surface area contributed by atoms with Crippen molar-refractivity contribution in [2.75, 3.05) is 32.9 Å². The lowest BCUT2D eigenvalue weighted by Crippen LogP contribution is -2.70. The molecule has 1 aliphatic heterocycles. The maximum atomic E-state index is 14.7. The molecule has 15 nitrogen and oxygen atoms in total. The van der Waals surface area contributed by atoms with Gasteiger partial charge in [0.2, 0.25) is 5.79 Å². The number of non-ortho nitro benzene ring substituents is 1. The first-order valence-electron chi connectivity index (χ1n) is 27.0. The van der Waals surface area contributed by atoms with Crippen LogP contribution in [0.1, 0.15) is 152 Å². The van der Waals surface area contributed by atoms with Crippen molar-refractivity contribution in [3.05, 3.63) is 124 Å². The summed E-state index contributed by atoms with van der Waals surface area (Å²) in [5.74, 6) is -1.67. The number of nitro benzene ring substituents is 1. The SMILES string of the molecule is C=CCO[C@@]12Oc3ccc(OC(=O)NCCCCCCCCCCCC)cc3[C@H]3[C@H](CCCCO)[C@@H](CCCCO)C=C(C(=NOCc4ccc([N+](=O)[O-])cc4)C[C@@H]1N(CCC)C(=O)OCc1ccccc1)[C@H]32. The molecule has 398 valence electrons. The molecule has 2 amide bonds. The number of oxime groups is 1. The number of carbonyl (C=O) groups excluding carboxylic acids is 2. The standard InChI is InChI=1S/C58H80N4O11/c1-4-7-8-9-10-11-12-13-14-20-33-59-56(65)72-47-31-32-52-50(39-47)54-48(26-19-22-36-64)45(25-18-21-35-63)38-49-51(60-71-42-44-27-29-46(30-28-44)62(67)68)40-53(58(73-52,55(49)54)70-37-6-3)61(34-5-2)57(66)69-41-43-23-16-15-17-24-43/h6,15-17,23-24,27-32,38-39,45,48,53-55,63-64H,3-5,7-14,18-22,25-26,33-37,40-42H2,1-2H3,(H,59,65)/t45-,48+,53-,54+,55+,58+/m0/s1. The average molecular weight is 1010 g/mol. The fourth-order valence-electron chi connectivity index (χ4n) is 11.0. The number of carbonyl (C=O) groups is 2. The molecule has 73 heavy (non-hydrogen) atoms. The Morgan fingerprint density at radius 2 is 1.55 bits per heavy atom. The smallest absolute Gasteiger partial charge is 0.412 e. The van der Waals surface area contributed by atoms with E-state index in [-0.39, 0.29) is 62.9 Å². The van der Waals surface area contributed by atoms with Gasteiger partial charge in [0.1, 0.15) is 30.8 Å². The number of fused-ring (bicyclic) bond motifs is 2. The lowest BCUT2D eigenvalue weighted by molar-refractivity contribution is -0.384. The monoisotopic (exact) mass is 1010 g/mol. The van der Waals surface area contributed by atoms with E-state index < -0.39 is 34.9 Å². The number of unbranched alkanes of at least 4 members (excludes halogenated alkanes) is 11. The molecular weight excluding hydrogens is 929 g/mol. The molecule has 0 spiro atoms. The molecule has 2 aliphatic carbocycles. The molecule has 3 aromatic carbocycles. The van der Waals surface area contributed by atoms with Crippen molar-refractivity contribution in [3.63, 3.8) is 0 Å². The summed E-state index contributed by atoms with van der Waals surface area (Å²) in [7, 11) is 0. The van der Waals surface area contributed by atoms with Crippen molar-refractivity contribution < 1.29 is 48.5 Å². The van der Waals surface area contributed by atoms with Crippen molar-refractivity contribution in [2.45, 2.75) is 160 Å². The maximum absolute atomic E-state index is 14.7. The Morgan fingerprint density at radius 3 is 2.22 bits per heavy atom. The van der Waals surface area contributed by atoms with Crippen LogP contribution in [-0.4, -0.2) is 82.7 Å². The molecule has 0 bridgehead atoms. The van der Waals surface area contributed by atoms with E-state index in [4.69, 9.17) is 28.9 Å². The van der Waals surface area contributed by atoms with Crippen molar-refractivity contribution in [1.29, 1.82) is 0 Å². The van der Waals surface area contributed by atoms with Gasteiger partial charge in [0.05, 0.1) is 23.2 Å². The molecule has 1 heterocycles. The Morgan fingerprint density at radius 1 is 0.863 bits per heavy atom. The minimum absolute atomic E-state index is 0.0223. The number of aliphatic hydroxyl groups is 2. The maximum Gasteiger partial charge on any atom is 0.412 e. The average Bonchev–Trinajstić information content (AvgIpc) is 3.40. The molecule has 6 rings (SSSR count). The van der Waals surface area contributed by atoms with Crippen LogP contribution in [0.3, 0.4) is 0 Å². The lowest BCUT2D eigenvalue weighted by Gasteiger charge is -2.59. The third-order valence-electron chi connectivity index (χ3n) is 14.5. The minimum Gasteiger partial charge on any atom is -0.459 e. The normalized spacial score (nSPS) is 21.2. The molecule has 3 aromatic rings. The van der Waals surface area contributed by atoms with E-state index in [1.165, 1.54) is 57.1 Å². The number of aliphatic hydroxyl groups excluding tert-OH is 2. The summed E-state index contributed by atoms with van der Waals surface area (Å²) >= 11 is 0. The summed E-state index contributed by atoms with van der Waals surface area (Å²) in [6, 6.07) is 20.3. The quantitative estimate of drug-likeness (QED) is 0.0233. The number of nitro groups is 1. The summed E-state index contributed by atoms with van der Waals surface area (Å²) in [6.45, 7) is 9.31. The summed E-state index contributed by atoms with van der Waals surface area (Å²) in [4.78, 5) is 46.9. The van der Waals surface area contributed by atoms with Gasteiger partial charge in [-0.05, 0) is 97.4 Å². The number of nitrogens with zero attached hydrogens (tertiary/aromatic N) is 3. The van der Waals surface area contributed by atoms with E-state index in [0.717, 1.165) is 61.6 Å². The molecule has 0 aromatic heterocycles. The van der Waals surface area contributed by atoms with Crippen molar-refractivity contribution in [1.82, 2.24) is 10.2 Å². The zero-order chi connectivity index (χ0) is 51.8. The fraction of sp³-hybridized carbons (Fsp3) is 0.569. The zero-order valence-corrected chi connectivity index (χ0v) is 43.3. The number of hydrogen-bond acceptors (Lipinski definition) is 12. The molecule has 15 heteroatoms. The Kier molecular flexibility index (Phi) is 23.1. The van der Waals surface area contributed by atoms with Crippen LogP contribution in [0.4, 0.5) is 15.3 Å². The number of hydrogen-bond donors (Lipinski definition) is 3. The van der Waals surface area contributed by atoms with Crippen molar-refractivity contribution in [3.8, 4) is 11.5 Å². The number of ether oxygens (including phenoxy) is 4.